The number of pyridine rings is 1. The van der Waals surface area contributed by atoms with Crippen molar-refractivity contribution in [2.24, 2.45) is 7.05 Å². The Morgan fingerprint density at radius 3 is 2.23 bits per heavy atom. The van der Waals surface area contributed by atoms with Crippen molar-refractivity contribution in [3.8, 4) is 0 Å². The summed E-state index contributed by atoms with van der Waals surface area (Å²) in [6.45, 7) is -0.0585. The van der Waals surface area contributed by atoms with Gasteiger partial charge in [0, 0.05) is 18.5 Å². The van der Waals surface area contributed by atoms with Crippen LogP contribution in [0.15, 0.2) is 51.7 Å². The Kier molecular flexibility index (Phi) is 3.77. The highest BCUT2D eigenvalue weighted by atomic mass is 79.9. The number of nitrogens with zero attached hydrogens (tertiary/aromatic N) is 2. The average molecular weight is 415 g/mol. The van der Waals surface area contributed by atoms with Crippen LogP contribution in [0.3, 0.4) is 0 Å². The summed E-state index contributed by atoms with van der Waals surface area (Å²) in [5, 5.41) is 0.594. The van der Waals surface area contributed by atoms with Gasteiger partial charge < -0.3 is 4.57 Å². The van der Waals surface area contributed by atoms with E-state index in [4.69, 9.17) is 0 Å². The second-order valence-corrected chi connectivity index (χ2v) is 6.86. The number of rotatable bonds is 2. The van der Waals surface area contributed by atoms with Crippen molar-refractivity contribution in [2.75, 3.05) is 0 Å². The van der Waals surface area contributed by atoms with Gasteiger partial charge in [-0.1, -0.05) is 12.1 Å². The molecule has 26 heavy (non-hydrogen) atoms. The Morgan fingerprint density at radius 2 is 1.62 bits per heavy atom. The molecule has 1 aliphatic heterocycles. The predicted molar refractivity (Wildman–Crippen MR) is 97.5 cm³/mol. The van der Waals surface area contributed by atoms with Crippen molar-refractivity contribution < 1.29 is 14.0 Å². The molecule has 1 aromatic heterocycles. The Morgan fingerprint density at radius 1 is 1.00 bits per heavy atom. The van der Waals surface area contributed by atoms with Crippen molar-refractivity contribution in [2.45, 2.75) is 6.54 Å². The van der Waals surface area contributed by atoms with E-state index in [1.165, 1.54) is 16.7 Å². The summed E-state index contributed by atoms with van der Waals surface area (Å²) in [5.74, 6) is -1.30. The number of hydrogen-bond acceptors (Lipinski definition) is 3. The van der Waals surface area contributed by atoms with Gasteiger partial charge in [0.2, 0.25) is 0 Å². The molecule has 0 radical (unpaired) electrons. The topological polar surface area (TPSA) is 59.4 Å². The van der Waals surface area contributed by atoms with E-state index in [0.29, 0.717) is 27.6 Å². The minimum atomic E-state index is -0.495. The van der Waals surface area contributed by atoms with E-state index in [9.17, 15) is 18.8 Å². The summed E-state index contributed by atoms with van der Waals surface area (Å²) in [7, 11) is 1.54. The van der Waals surface area contributed by atoms with Crippen molar-refractivity contribution in [1.82, 2.24) is 9.47 Å². The maximum atomic E-state index is 13.9. The highest BCUT2D eigenvalue weighted by Crippen LogP contribution is 2.30. The first-order chi connectivity index (χ1) is 12.4. The van der Waals surface area contributed by atoms with E-state index in [-0.39, 0.29) is 16.6 Å². The number of amides is 2. The van der Waals surface area contributed by atoms with Gasteiger partial charge in [0.15, 0.2) is 0 Å². The summed E-state index contributed by atoms with van der Waals surface area (Å²) >= 11 is 3.18. The smallest absolute Gasteiger partial charge is 0.261 e. The number of halogens is 2. The molecule has 0 saturated carbocycles. The van der Waals surface area contributed by atoms with Gasteiger partial charge in [-0.05, 0) is 45.8 Å². The monoisotopic (exact) mass is 414 g/mol. The number of fused-ring (bicyclic) bond motifs is 2. The Balaban J connectivity index is 1.86. The molecule has 0 bridgehead atoms. The molecule has 130 valence electrons. The van der Waals surface area contributed by atoms with E-state index >= 15 is 0 Å². The molecule has 2 amide bonds. The molecular formula is C19H12BrFN2O3. The van der Waals surface area contributed by atoms with Crippen LogP contribution in [-0.2, 0) is 13.6 Å². The van der Waals surface area contributed by atoms with Gasteiger partial charge in [0.25, 0.3) is 17.4 Å². The first-order valence-electron chi connectivity index (χ1n) is 7.82. The SMILES string of the molecule is Cn1c(=O)cc(CN2C(=O)c3ccccc3C2=O)c2ccc(F)c(Br)c21. The number of aromatic nitrogens is 1. The van der Waals surface area contributed by atoms with Crippen LogP contribution in [0.5, 0.6) is 0 Å². The van der Waals surface area contributed by atoms with Crippen molar-refractivity contribution >= 4 is 38.6 Å². The minimum absolute atomic E-state index is 0.0585. The zero-order valence-corrected chi connectivity index (χ0v) is 15.2. The molecule has 5 nitrogen and oxygen atoms in total. The molecule has 7 heteroatoms. The molecule has 0 fully saturated rings. The second kappa shape index (κ2) is 5.88. The maximum absolute atomic E-state index is 13.9. The van der Waals surface area contributed by atoms with Crippen LogP contribution in [0.4, 0.5) is 4.39 Å². The van der Waals surface area contributed by atoms with E-state index in [1.807, 2.05) is 0 Å². The summed E-state index contributed by atoms with van der Waals surface area (Å²) in [4.78, 5) is 38.6. The lowest BCUT2D eigenvalue weighted by molar-refractivity contribution is 0.0643. The van der Waals surface area contributed by atoms with Crippen LogP contribution in [0.1, 0.15) is 26.3 Å². The van der Waals surface area contributed by atoms with Crippen LogP contribution in [0.25, 0.3) is 10.9 Å². The van der Waals surface area contributed by atoms with Crippen LogP contribution >= 0.6 is 15.9 Å². The lowest BCUT2D eigenvalue weighted by Gasteiger charge is -2.17. The summed E-state index contributed by atoms with van der Waals surface area (Å²) in [6, 6.07) is 10.8. The highest BCUT2D eigenvalue weighted by Gasteiger charge is 2.35. The zero-order valence-electron chi connectivity index (χ0n) is 13.6. The van der Waals surface area contributed by atoms with Gasteiger partial charge in [-0.3, -0.25) is 19.3 Å². The number of imide groups is 1. The quantitative estimate of drug-likeness (QED) is 0.604. The normalized spacial score (nSPS) is 13.6. The van der Waals surface area contributed by atoms with Crippen molar-refractivity contribution in [3.05, 3.63) is 79.8 Å². The minimum Gasteiger partial charge on any atom is -0.310 e. The highest BCUT2D eigenvalue weighted by molar-refractivity contribution is 9.10. The van der Waals surface area contributed by atoms with Gasteiger partial charge in [0.05, 0.1) is 27.7 Å². The van der Waals surface area contributed by atoms with Gasteiger partial charge in [-0.25, -0.2) is 4.39 Å². The molecule has 0 aliphatic carbocycles. The molecule has 0 saturated heterocycles. The fourth-order valence-electron chi connectivity index (χ4n) is 3.24. The molecule has 0 unspecified atom stereocenters. The molecular weight excluding hydrogens is 403 g/mol. The van der Waals surface area contributed by atoms with Crippen molar-refractivity contribution in [1.29, 1.82) is 0 Å². The molecule has 2 heterocycles. The summed E-state index contributed by atoms with van der Waals surface area (Å²) < 4.78 is 15.4. The molecule has 1 aliphatic rings. The molecule has 0 N–H and O–H groups in total. The van der Waals surface area contributed by atoms with Crippen LogP contribution < -0.4 is 5.56 Å². The number of aryl methyl sites for hydroxylation is 1. The first kappa shape index (κ1) is 16.7. The lowest BCUT2D eigenvalue weighted by Crippen LogP contribution is -2.30. The molecule has 0 spiro atoms. The average Bonchev–Trinajstić information content (AvgIpc) is 2.87. The number of hydrogen-bond donors (Lipinski definition) is 0. The zero-order chi connectivity index (χ0) is 18.6. The largest absolute Gasteiger partial charge is 0.310 e. The molecule has 2 aromatic carbocycles. The Labute approximate surface area is 155 Å². The maximum Gasteiger partial charge on any atom is 0.261 e. The standard InChI is InChI=1S/C19H12BrFN2O3/c1-22-15(24)8-10(11-6-7-14(21)16(20)17(11)22)9-23-18(25)12-4-2-3-5-13(12)19(23)26/h2-8H,9H2,1H3. The predicted octanol–water partition coefficient (Wildman–Crippen LogP) is 3.24. The fourth-order valence-corrected chi connectivity index (χ4v) is 3.86. The number of carbonyl (C=O) groups excluding carboxylic acids is 2. The van der Waals surface area contributed by atoms with Gasteiger partial charge >= 0.3 is 0 Å². The van der Waals surface area contributed by atoms with Crippen LogP contribution in [0, 0.1) is 5.82 Å². The summed E-state index contributed by atoms with van der Waals surface area (Å²) in [6.07, 6.45) is 0. The van der Waals surface area contributed by atoms with Gasteiger partial charge in [0.1, 0.15) is 5.82 Å². The lowest BCUT2D eigenvalue weighted by atomic mass is 10.1. The molecule has 4 rings (SSSR count). The molecule has 3 aromatic rings. The van der Waals surface area contributed by atoms with Crippen LogP contribution in [0.2, 0.25) is 0 Å². The van der Waals surface area contributed by atoms with Crippen LogP contribution in [-0.4, -0.2) is 21.3 Å². The number of carbonyl (C=O) groups is 2. The third-order valence-corrected chi connectivity index (χ3v) is 5.34. The van der Waals surface area contributed by atoms with E-state index in [1.54, 1.807) is 37.4 Å². The first-order valence-corrected chi connectivity index (χ1v) is 8.61. The van der Waals surface area contributed by atoms with E-state index in [0.717, 1.165) is 4.90 Å². The summed E-state index contributed by atoms with van der Waals surface area (Å²) in [5.41, 5.74) is 1.20. The van der Waals surface area contributed by atoms with Gasteiger partial charge in [-0.2, -0.15) is 0 Å². The second-order valence-electron chi connectivity index (χ2n) is 6.07. The van der Waals surface area contributed by atoms with Gasteiger partial charge in [-0.15, -0.1) is 0 Å². The third kappa shape index (κ3) is 2.31. The number of benzene rings is 2. The Bertz CT molecular complexity index is 1130. The van der Waals surface area contributed by atoms with E-state index in [2.05, 4.69) is 15.9 Å². The third-order valence-electron chi connectivity index (χ3n) is 4.59. The Hall–Kier alpha value is -2.80. The molecule has 0 atom stereocenters. The van der Waals surface area contributed by atoms with E-state index < -0.39 is 17.6 Å². The fraction of sp³-hybridized carbons (Fsp3) is 0.105. The van der Waals surface area contributed by atoms with Crippen molar-refractivity contribution in [3.63, 3.8) is 0 Å².